The molecule has 1 amide bonds. The third kappa shape index (κ3) is 4.99. The lowest BCUT2D eigenvalue weighted by molar-refractivity contribution is 0.0756. The monoisotopic (exact) mass is 416 g/mol. The van der Waals surface area contributed by atoms with Gasteiger partial charge in [0.15, 0.2) is 5.82 Å². The van der Waals surface area contributed by atoms with Crippen LogP contribution in [0.4, 0.5) is 4.39 Å². The third-order valence-electron chi connectivity index (χ3n) is 4.83. The Labute approximate surface area is 174 Å². The lowest BCUT2D eigenvalue weighted by Gasteiger charge is -2.21. The Balaban J connectivity index is 0.00000240. The number of rotatable bonds is 4. The van der Waals surface area contributed by atoms with E-state index in [9.17, 15) is 9.18 Å². The Morgan fingerprint density at radius 3 is 2.55 bits per heavy atom. The number of nitrogens with zero attached hydrogens (tertiary/aromatic N) is 4. The molecular formula is C21H22ClFN4O2. The van der Waals surface area contributed by atoms with E-state index in [0.29, 0.717) is 37.9 Å². The topological polar surface area (TPSA) is 62.5 Å². The molecule has 1 fully saturated rings. The first kappa shape index (κ1) is 21.0. The Morgan fingerprint density at radius 1 is 1.00 bits per heavy atom. The van der Waals surface area contributed by atoms with Crippen molar-refractivity contribution in [3.05, 3.63) is 71.8 Å². The third-order valence-corrected chi connectivity index (χ3v) is 4.83. The number of carbonyl (C=O) groups is 1. The number of hydrogen-bond donors (Lipinski definition) is 0. The standard InChI is InChI=1S/C21H21FN4O2.ClH/c22-18-10-5-4-9-17(18)21(27)26-12-6-11-25(13-14-26)15-19-23-20(28-24-19)16-7-2-1-3-8-16;/h1-5,7-10H,6,11-15H2;1H. The molecular weight excluding hydrogens is 395 g/mol. The molecule has 29 heavy (non-hydrogen) atoms. The van der Waals surface area contributed by atoms with E-state index in [1.807, 2.05) is 30.3 Å². The summed E-state index contributed by atoms with van der Waals surface area (Å²) in [6.45, 7) is 3.19. The lowest BCUT2D eigenvalue weighted by atomic mass is 10.2. The van der Waals surface area contributed by atoms with E-state index in [1.165, 1.54) is 12.1 Å². The fraction of sp³-hybridized carbons (Fsp3) is 0.286. The number of benzene rings is 2. The summed E-state index contributed by atoms with van der Waals surface area (Å²) in [7, 11) is 0. The second-order valence-corrected chi connectivity index (χ2v) is 6.78. The molecule has 1 aromatic heterocycles. The van der Waals surface area contributed by atoms with Gasteiger partial charge in [-0.1, -0.05) is 35.5 Å². The summed E-state index contributed by atoms with van der Waals surface area (Å²) in [6.07, 6.45) is 0.809. The number of halogens is 2. The van der Waals surface area contributed by atoms with Gasteiger partial charge in [0.25, 0.3) is 11.8 Å². The van der Waals surface area contributed by atoms with E-state index < -0.39 is 5.82 Å². The minimum Gasteiger partial charge on any atom is -0.337 e. The average Bonchev–Trinajstić information content (AvgIpc) is 3.06. The van der Waals surface area contributed by atoms with Gasteiger partial charge in [0, 0.05) is 31.7 Å². The van der Waals surface area contributed by atoms with Crippen LogP contribution < -0.4 is 0 Å². The highest BCUT2D eigenvalue weighted by Gasteiger charge is 2.23. The summed E-state index contributed by atoms with van der Waals surface area (Å²) in [4.78, 5) is 21.0. The summed E-state index contributed by atoms with van der Waals surface area (Å²) in [5.74, 6) is 0.384. The second-order valence-electron chi connectivity index (χ2n) is 6.78. The summed E-state index contributed by atoms with van der Waals surface area (Å²) >= 11 is 0. The minimum absolute atomic E-state index is 0. The van der Waals surface area contributed by atoms with Crippen molar-refractivity contribution in [3.8, 4) is 11.5 Å². The van der Waals surface area contributed by atoms with Gasteiger partial charge in [-0.2, -0.15) is 4.98 Å². The molecule has 6 nitrogen and oxygen atoms in total. The number of amides is 1. The van der Waals surface area contributed by atoms with Crippen LogP contribution in [0.25, 0.3) is 11.5 Å². The lowest BCUT2D eigenvalue weighted by Crippen LogP contribution is -2.35. The van der Waals surface area contributed by atoms with Crippen LogP contribution in [-0.2, 0) is 6.54 Å². The van der Waals surface area contributed by atoms with Crippen LogP contribution in [-0.4, -0.2) is 52.0 Å². The zero-order chi connectivity index (χ0) is 19.3. The van der Waals surface area contributed by atoms with E-state index in [0.717, 1.165) is 18.5 Å². The van der Waals surface area contributed by atoms with Crippen LogP contribution in [0.1, 0.15) is 22.6 Å². The molecule has 2 heterocycles. The van der Waals surface area contributed by atoms with Crippen molar-refractivity contribution in [2.75, 3.05) is 26.2 Å². The summed E-state index contributed by atoms with van der Waals surface area (Å²) < 4.78 is 19.3. The zero-order valence-electron chi connectivity index (χ0n) is 15.8. The van der Waals surface area contributed by atoms with Crippen LogP contribution in [0.3, 0.4) is 0 Å². The normalized spacial score (nSPS) is 14.9. The summed E-state index contributed by atoms with van der Waals surface area (Å²) in [5, 5.41) is 4.07. The first-order valence-corrected chi connectivity index (χ1v) is 9.35. The van der Waals surface area contributed by atoms with Crippen LogP contribution in [0.5, 0.6) is 0 Å². The molecule has 1 aliphatic rings. The highest BCUT2D eigenvalue weighted by atomic mass is 35.5. The van der Waals surface area contributed by atoms with Crippen molar-refractivity contribution in [1.29, 1.82) is 0 Å². The van der Waals surface area contributed by atoms with Gasteiger partial charge in [-0.05, 0) is 30.7 Å². The molecule has 0 unspecified atom stereocenters. The van der Waals surface area contributed by atoms with Crippen molar-refractivity contribution in [2.45, 2.75) is 13.0 Å². The second kappa shape index (κ2) is 9.62. The maximum atomic E-state index is 13.9. The van der Waals surface area contributed by atoms with E-state index in [1.54, 1.807) is 17.0 Å². The molecule has 1 aliphatic heterocycles. The smallest absolute Gasteiger partial charge is 0.257 e. The SMILES string of the molecule is Cl.O=C(c1ccccc1F)N1CCCN(Cc2noc(-c3ccccc3)n2)CC1. The van der Waals surface area contributed by atoms with Gasteiger partial charge in [-0.15, -0.1) is 12.4 Å². The number of hydrogen-bond acceptors (Lipinski definition) is 5. The highest BCUT2D eigenvalue weighted by molar-refractivity contribution is 5.94. The van der Waals surface area contributed by atoms with E-state index in [4.69, 9.17) is 4.52 Å². The maximum Gasteiger partial charge on any atom is 0.257 e. The molecule has 0 radical (unpaired) electrons. The van der Waals surface area contributed by atoms with E-state index in [2.05, 4.69) is 15.0 Å². The first-order chi connectivity index (χ1) is 13.7. The molecule has 0 N–H and O–H groups in total. The first-order valence-electron chi connectivity index (χ1n) is 9.35. The molecule has 0 bridgehead atoms. The zero-order valence-corrected chi connectivity index (χ0v) is 16.6. The van der Waals surface area contributed by atoms with Crippen molar-refractivity contribution in [3.63, 3.8) is 0 Å². The highest BCUT2D eigenvalue weighted by Crippen LogP contribution is 2.18. The average molecular weight is 417 g/mol. The van der Waals surface area contributed by atoms with Crippen LogP contribution in [0.15, 0.2) is 59.1 Å². The fourth-order valence-corrected chi connectivity index (χ4v) is 3.35. The molecule has 8 heteroatoms. The van der Waals surface area contributed by atoms with Crippen molar-refractivity contribution < 1.29 is 13.7 Å². The molecule has 0 saturated carbocycles. The van der Waals surface area contributed by atoms with Gasteiger partial charge >= 0.3 is 0 Å². The molecule has 0 spiro atoms. The number of carbonyl (C=O) groups excluding carboxylic acids is 1. The molecule has 3 aromatic rings. The Kier molecular flexibility index (Phi) is 6.95. The van der Waals surface area contributed by atoms with Gasteiger partial charge in [0.05, 0.1) is 12.1 Å². The van der Waals surface area contributed by atoms with Crippen LogP contribution >= 0.6 is 12.4 Å². The van der Waals surface area contributed by atoms with Crippen LogP contribution in [0, 0.1) is 5.82 Å². The van der Waals surface area contributed by atoms with Gasteiger partial charge in [0.2, 0.25) is 0 Å². The molecule has 0 aliphatic carbocycles. The minimum atomic E-state index is -0.478. The Morgan fingerprint density at radius 2 is 1.76 bits per heavy atom. The van der Waals surface area contributed by atoms with Crippen molar-refractivity contribution in [2.24, 2.45) is 0 Å². The predicted molar refractivity (Wildman–Crippen MR) is 109 cm³/mol. The molecule has 0 atom stereocenters. The van der Waals surface area contributed by atoms with Crippen molar-refractivity contribution in [1.82, 2.24) is 19.9 Å². The molecule has 4 rings (SSSR count). The largest absolute Gasteiger partial charge is 0.337 e. The Bertz CT molecular complexity index is 951. The quantitative estimate of drug-likeness (QED) is 0.649. The fourth-order valence-electron chi connectivity index (χ4n) is 3.35. The number of aromatic nitrogens is 2. The van der Waals surface area contributed by atoms with Crippen molar-refractivity contribution >= 4 is 18.3 Å². The summed E-state index contributed by atoms with van der Waals surface area (Å²) in [5.41, 5.74) is 1.01. The summed E-state index contributed by atoms with van der Waals surface area (Å²) in [6, 6.07) is 15.8. The van der Waals surface area contributed by atoms with Gasteiger partial charge in [0.1, 0.15) is 5.82 Å². The Hall–Kier alpha value is -2.77. The predicted octanol–water partition coefficient (Wildman–Crippen LogP) is 3.65. The maximum absolute atomic E-state index is 13.9. The van der Waals surface area contributed by atoms with Crippen LogP contribution in [0.2, 0.25) is 0 Å². The van der Waals surface area contributed by atoms with Gasteiger partial charge < -0.3 is 9.42 Å². The van der Waals surface area contributed by atoms with E-state index >= 15 is 0 Å². The molecule has 2 aromatic carbocycles. The molecule has 152 valence electrons. The molecule has 1 saturated heterocycles. The van der Waals surface area contributed by atoms with Gasteiger partial charge in [-0.25, -0.2) is 4.39 Å². The van der Waals surface area contributed by atoms with E-state index in [-0.39, 0.29) is 23.9 Å². The van der Waals surface area contributed by atoms with Gasteiger partial charge in [-0.3, -0.25) is 9.69 Å².